The van der Waals surface area contributed by atoms with Crippen molar-refractivity contribution in [1.82, 2.24) is 5.32 Å². The van der Waals surface area contributed by atoms with E-state index in [9.17, 15) is 9.90 Å². The molecule has 0 radical (unpaired) electrons. The molecule has 5 heteroatoms. The van der Waals surface area contributed by atoms with Crippen LogP contribution in [0.3, 0.4) is 0 Å². The van der Waals surface area contributed by atoms with Crippen LogP contribution in [0.25, 0.3) is 0 Å². The van der Waals surface area contributed by atoms with Gasteiger partial charge in [0.25, 0.3) is 0 Å². The molecule has 5 nitrogen and oxygen atoms in total. The van der Waals surface area contributed by atoms with Gasteiger partial charge in [-0.15, -0.1) is 0 Å². The van der Waals surface area contributed by atoms with Crippen LogP contribution in [0, 0.1) is 28.6 Å². The monoisotopic (exact) mass is 459 g/mol. The first-order valence-corrected chi connectivity index (χ1v) is 13.0. The van der Waals surface area contributed by atoms with Gasteiger partial charge in [-0.1, -0.05) is 19.4 Å². The minimum atomic E-state index is -0.613. The van der Waals surface area contributed by atoms with Gasteiger partial charge in [-0.2, -0.15) is 0 Å². The van der Waals surface area contributed by atoms with E-state index in [4.69, 9.17) is 9.47 Å². The van der Waals surface area contributed by atoms with Gasteiger partial charge in [-0.3, -0.25) is 0 Å². The molecule has 0 spiro atoms. The Labute approximate surface area is 200 Å². The van der Waals surface area contributed by atoms with Gasteiger partial charge in [0.2, 0.25) is 0 Å². The fourth-order valence-corrected chi connectivity index (χ4v) is 8.23. The number of fused-ring (bicyclic) bond motifs is 5. The maximum absolute atomic E-state index is 12.3. The number of ether oxygens (including phenoxy) is 2. The molecular formula is C28H45NO4. The molecule has 0 bridgehead atoms. The van der Waals surface area contributed by atoms with Gasteiger partial charge in [-0.25, -0.2) is 4.79 Å². The lowest BCUT2D eigenvalue weighted by Gasteiger charge is -2.62. The summed E-state index contributed by atoms with van der Waals surface area (Å²) in [6.45, 7) is 12.8. The molecule has 0 aromatic carbocycles. The molecule has 0 aromatic rings. The lowest BCUT2D eigenvalue weighted by molar-refractivity contribution is -0.181. The van der Waals surface area contributed by atoms with Crippen molar-refractivity contribution in [3.63, 3.8) is 0 Å². The van der Waals surface area contributed by atoms with Crippen LogP contribution in [0.2, 0.25) is 0 Å². The maximum atomic E-state index is 12.3. The fourth-order valence-electron chi connectivity index (χ4n) is 8.23. The van der Waals surface area contributed by atoms with E-state index in [1.807, 2.05) is 27.0 Å². The van der Waals surface area contributed by atoms with E-state index in [0.29, 0.717) is 17.8 Å². The maximum Gasteiger partial charge on any atom is 0.408 e. The number of nitrogens with one attached hydrogen (secondary N) is 1. The Morgan fingerprint density at radius 2 is 1.85 bits per heavy atom. The minimum absolute atomic E-state index is 0.0871. The normalized spacial score (nSPS) is 43.0. The van der Waals surface area contributed by atoms with Crippen molar-refractivity contribution in [2.24, 2.45) is 28.6 Å². The van der Waals surface area contributed by atoms with Gasteiger partial charge in [0.15, 0.2) is 0 Å². The predicted molar refractivity (Wildman–Crippen MR) is 131 cm³/mol. The molecule has 3 saturated carbocycles. The van der Waals surface area contributed by atoms with Crippen LogP contribution < -0.4 is 5.32 Å². The number of rotatable bonds is 3. The van der Waals surface area contributed by atoms with Crippen molar-refractivity contribution >= 4 is 6.09 Å². The van der Waals surface area contributed by atoms with Crippen LogP contribution in [0.15, 0.2) is 23.5 Å². The number of carbonyl (C=O) groups excluding carboxylic acids is 1. The molecule has 0 aliphatic heterocycles. The number of methoxy groups -OCH3 is 1. The van der Waals surface area contributed by atoms with Crippen LogP contribution in [-0.4, -0.2) is 35.6 Å². The summed E-state index contributed by atoms with van der Waals surface area (Å²) in [5.41, 5.74) is 1.80. The molecule has 0 aromatic heterocycles. The summed E-state index contributed by atoms with van der Waals surface area (Å²) < 4.78 is 11.1. The van der Waals surface area contributed by atoms with Crippen molar-refractivity contribution in [1.29, 1.82) is 0 Å². The minimum Gasteiger partial charge on any atom is -0.504 e. The summed E-state index contributed by atoms with van der Waals surface area (Å²) in [4.78, 5) is 12.3. The van der Waals surface area contributed by atoms with E-state index >= 15 is 0 Å². The first-order chi connectivity index (χ1) is 15.3. The van der Waals surface area contributed by atoms with Crippen LogP contribution in [-0.2, 0) is 9.47 Å². The Kier molecular flexibility index (Phi) is 6.21. The second-order valence-electron chi connectivity index (χ2n) is 12.8. The summed E-state index contributed by atoms with van der Waals surface area (Å²) in [6.07, 6.45) is 11.7. The number of alkyl carbamates (subject to hydrolysis) is 1. The summed E-state index contributed by atoms with van der Waals surface area (Å²) in [5, 5.41) is 15.2. The molecule has 33 heavy (non-hydrogen) atoms. The number of hydrogen-bond donors (Lipinski definition) is 2. The predicted octanol–water partition coefficient (Wildman–Crippen LogP) is 6.12. The van der Waals surface area contributed by atoms with Gasteiger partial charge in [0.05, 0.1) is 19.0 Å². The van der Waals surface area contributed by atoms with E-state index < -0.39 is 5.60 Å². The topological polar surface area (TPSA) is 67.8 Å². The zero-order valence-corrected chi connectivity index (χ0v) is 21.8. The van der Waals surface area contributed by atoms with Crippen LogP contribution in [0.1, 0.15) is 92.9 Å². The smallest absolute Gasteiger partial charge is 0.408 e. The lowest BCUT2D eigenvalue weighted by atomic mass is 9.45. The number of hydrogen-bond acceptors (Lipinski definition) is 4. The average molecular weight is 460 g/mol. The highest BCUT2D eigenvalue weighted by molar-refractivity contribution is 5.68. The summed E-state index contributed by atoms with van der Waals surface area (Å²) >= 11 is 0. The molecule has 1 amide bonds. The van der Waals surface area contributed by atoms with Crippen LogP contribution in [0.4, 0.5) is 4.79 Å². The second-order valence-corrected chi connectivity index (χ2v) is 12.8. The highest BCUT2D eigenvalue weighted by Crippen LogP contribution is 2.69. The molecule has 2 N–H and O–H groups in total. The highest BCUT2D eigenvalue weighted by atomic mass is 16.6. The van der Waals surface area contributed by atoms with Crippen LogP contribution in [0.5, 0.6) is 0 Å². The zero-order chi connectivity index (χ0) is 24.2. The molecule has 0 heterocycles. The number of allylic oxidation sites excluding steroid dienone is 2. The van der Waals surface area contributed by atoms with Gasteiger partial charge >= 0.3 is 6.09 Å². The third-order valence-corrected chi connectivity index (χ3v) is 9.85. The lowest BCUT2D eigenvalue weighted by Crippen LogP contribution is -2.60. The molecule has 0 saturated heterocycles. The van der Waals surface area contributed by atoms with Gasteiger partial charge < -0.3 is 19.9 Å². The van der Waals surface area contributed by atoms with Crippen LogP contribution >= 0.6 is 0 Å². The SMILES string of the molecule is CO/C=C(\C)[C@H]1CC[C@]2(O)C3CCC4=C[C@@H](OC(=O)NC(C)(C)C)CC[C@]4(C)C3CC[C@]12C. The molecule has 4 rings (SSSR count). The molecule has 186 valence electrons. The number of amides is 1. The van der Waals surface area contributed by atoms with Crippen molar-refractivity contribution in [3.05, 3.63) is 23.5 Å². The second kappa shape index (κ2) is 8.32. The largest absolute Gasteiger partial charge is 0.504 e. The third-order valence-electron chi connectivity index (χ3n) is 9.85. The van der Waals surface area contributed by atoms with Crippen molar-refractivity contribution < 1.29 is 19.4 Å². The third kappa shape index (κ3) is 4.02. The summed E-state index contributed by atoms with van der Waals surface area (Å²) in [5.74, 6) is 1.21. The average Bonchev–Trinajstić information content (AvgIpc) is 2.98. The molecule has 4 aliphatic rings. The summed E-state index contributed by atoms with van der Waals surface area (Å²) in [7, 11) is 1.71. The molecule has 4 aliphatic carbocycles. The van der Waals surface area contributed by atoms with E-state index in [0.717, 1.165) is 51.4 Å². The Morgan fingerprint density at radius 3 is 2.52 bits per heavy atom. The van der Waals surface area contributed by atoms with Gasteiger partial charge in [0.1, 0.15) is 6.10 Å². The highest BCUT2D eigenvalue weighted by Gasteiger charge is 2.66. The Morgan fingerprint density at radius 1 is 1.12 bits per heavy atom. The van der Waals surface area contributed by atoms with Crippen molar-refractivity contribution in [2.45, 2.75) is 110 Å². The summed E-state index contributed by atoms with van der Waals surface area (Å²) in [6, 6.07) is 0. The van der Waals surface area contributed by atoms with E-state index in [-0.39, 0.29) is 28.6 Å². The van der Waals surface area contributed by atoms with E-state index in [1.165, 1.54) is 11.1 Å². The molecule has 2 unspecified atom stereocenters. The van der Waals surface area contributed by atoms with Gasteiger partial charge in [-0.05, 0) is 114 Å². The quantitative estimate of drug-likeness (QED) is 0.394. The standard InChI is InChI=1S/C28H45NO4/c1-18(17-32-7)21-12-15-28(31)23-9-8-19-16-20(33-24(30)29-25(2,3)4)10-13-26(19,5)22(23)11-14-27(21,28)6/h16-17,20-23,31H,8-15H2,1-7H3,(H,29,30)/b18-17+/t20-,21+,22?,23?,26-,27+,28-/m0/s1. The first kappa shape index (κ1) is 24.6. The molecule has 7 atom stereocenters. The van der Waals surface area contributed by atoms with Crippen molar-refractivity contribution in [3.8, 4) is 0 Å². The molecular weight excluding hydrogens is 414 g/mol. The zero-order valence-electron chi connectivity index (χ0n) is 21.8. The fraction of sp³-hybridized carbons (Fsp3) is 0.821. The van der Waals surface area contributed by atoms with Gasteiger partial charge in [0, 0.05) is 11.0 Å². The van der Waals surface area contributed by atoms with Crippen molar-refractivity contribution in [2.75, 3.05) is 7.11 Å². The Hall–Kier alpha value is -1.49. The number of carbonyl (C=O) groups is 1. The van der Waals surface area contributed by atoms with E-state index in [1.54, 1.807) is 7.11 Å². The Balaban J connectivity index is 1.54. The number of aliphatic hydroxyl groups is 1. The molecule has 3 fully saturated rings. The Bertz CT molecular complexity index is 841. The first-order valence-electron chi connectivity index (χ1n) is 13.0. The van der Waals surface area contributed by atoms with E-state index in [2.05, 4.69) is 32.2 Å².